The van der Waals surface area contributed by atoms with Crippen LogP contribution in [0.2, 0.25) is 0 Å². The minimum Gasteiger partial charge on any atom is -0.468 e. The topological polar surface area (TPSA) is 60.4 Å². The van der Waals surface area contributed by atoms with Gasteiger partial charge < -0.3 is 4.74 Å². The number of allylic oxidation sites excluding steroid dienone is 2. The van der Waals surface area contributed by atoms with Gasteiger partial charge in [-0.25, -0.2) is 0 Å². The average Bonchev–Trinajstić information content (AvgIpc) is 2.58. The van der Waals surface area contributed by atoms with Crippen molar-refractivity contribution in [1.82, 2.24) is 0 Å². The van der Waals surface area contributed by atoms with Crippen molar-refractivity contribution in [2.45, 2.75) is 33.1 Å². The van der Waals surface area contributed by atoms with Gasteiger partial charge in [0.2, 0.25) is 0 Å². The van der Waals surface area contributed by atoms with Gasteiger partial charge in [-0.15, -0.1) is 0 Å². The van der Waals surface area contributed by atoms with Crippen LogP contribution in [0.5, 0.6) is 0 Å². The molecule has 4 heteroatoms. The van der Waals surface area contributed by atoms with Crippen LogP contribution in [0, 0.1) is 23.2 Å². The van der Waals surface area contributed by atoms with E-state index in [9.17, 15) is 14.4 Å². The maximum Gasteiger partial charge on any atom is 0.319 e. The van der Waals surface area contributed by atoms with Crippen LogP contribution in [0.15, 0.2) is 12.2 Å². The molecule has 104 valence electrons. The van der Waals surface area contributed by atoms with Crippen molar-refractivity contribution in [2.24, 2.45) is 23.2 Å². The van der Waals surface area contributed by atoms with Gasteiger partial charge in [-0.05, 0) is 38.0 Å². The molecule has 0 saturated heterocycles. The fourth-order valence-corrected chi connectivity index (χ4v) is 3.60. The Hall–Kier alpha value is -1.45. The van der Waals surface area contributed by atoms with Crippen LogP contribution in [0.4, 0.5) is 0 Å². The van der Waals surface area contributed by atoms with Gasteiger partial charge in [0.1, 0.15) is 11.2 Å². The summed E-state index contributed by atoms with van der Waals surface area (Å²) in [5.74, 6) is -1.38. The zero-order valence-corrected chi connectivity index (χ0v) is 11.6. The van der Waals surface area contributed by atoms with Crippen molar-refractivity contribution in [3.05, 3.63) is 12.2 Å². The number of hydrogen-bond acceptors (Lipinski definition) is 4. The Bertz CT molecular complexity index is 451. The Morgan fingerprint density at radius 1 is 1.37 bits per heavy atom. The van der Waals surface area contributed by atoms with Gasteiger partial charge in [-0.3, -0.25) is 14.4 Å². The van der Waals surface area contributed by atoms with Gasteiger partial charge in [0.15, 0.2) is 5.78 Å². The monoisotopic (exact) mass is 264 g/mol. The van der Waals surface area contributed by atoms with Crippen molar-refractivity contribution < 1.29 is 19.1 Å². The van der Waals surface area contributed by atoms with E-state index in [0.29, 0.717) is 12.8 Å². The Labute approximate surface area is 113 Å². The molecular weight excluding hydrogens is 244 g/mol. The third-order valence-electron chi connectivity index (χ3n) is 4.72. The Balaban J connectivity index is 2.50. The van der Waals surface area contributed by atoms with Gasteiger partial charge in [0.25, 0.3) is 0 Å². The highest BCUT2D eigenvalue weighted by Crippen LogP contribution is 2.49. The normalized spacial score (nSPS) is 37.6. The molecule has 0 N–H and O–H groups in total. The first-order valence-corrected chi connectivity index (χ1v) is 6.72. The first-order valence-electron chi connectivity index (χ1n) is 6.72. The summed E-state index contributed by atoms with van der Waals surface area (Å²) in [4.78, 5) is 36.7. The molecule has 19 heavy (non-hydrogen) atoms. The van der Waals surface area contributed by atoms with Crippen molar-refractivity contribution in [1.29, 1.82) is 0 Å². The molecule has 2 aliphatic carbocycles. The summed E-state index contributed by atoms with van der Waals surface area (Å²) >= 11 is 0. The van der Waals surface area contributed by atoms with Crippen LogP contribution in [-0.2, 0) is 19.1 Å². The SMILES string of the molecule is COC(=O)[C@@]12CC=CC[C@@H](C1)C(C)C(C(C)=O)C2=O. The lowest BCUT2D eigenvalue weighted by Crippen LogP contribution is -2.53. The summed E-state index contributed by atoms with van der Waals surface area (Å²) in [6.45, 7) is 3.38. The molecule has 1 fully saturated rings. The maximum absolute atomic E-state index is 12.7. The molecule has 2 aliphatic rings. The smallest absolute Gasteiger partial charge is 0.319 e. The van der Waals surface area contributed by atoms with Crippen molar-refractivity contribution in [3.8, 4) is 0 Å². The molecule has 0 radical (unpaired) electrons. The molecular formula is C15H20O4. The highest BCUT2D eigenvalue weighted by atomic mass is 16.5. The van der Waals surface area contributed by atoms with E-state index in [2.05, 4.69) is 0 Å². The Morgan fingerprint density at radius 3 is 2.63 bits per heavy atom. The number of rotatable bonds is 2. The maximum atomic E-state index is 12.7. The second-order valence-corrected chi connectivity index (χ2v) is 5.76. The summed E-state index contributed by atoms with van der Waals surface area (Å²) in [5.41, 5.74) is -1.14. The first-order chi connectivity index (χ1) is 8.94. The average molecular weight is 264 g/mol. The van der Waals surface area contributed by atoms with E-state index >= 15 is 0 Å². The van der Waals surface area contributed by atoms with Crippen LogP contribution in [0.1, 0.15) is 33.1 Å². The van der Waals surface area contributed by atoms with Crippen LogP contribution in [-0.4, -0.2) is 24.6 Å². The fraction of sp³-hybridized carbons (Fsp3) is 0.667. The summed E-state index contributed by atoms with van der Waals surface area (Å²) in [7, 11) is 1.30. The molecule has 4 atom stereocenters. The fourth-order valence-electron chi connectivity index (χ4n) is 3.60. The summed E-state index contributed by atoms with van der Waals surface area (Å²) in [6.07, 6.45) is 5.56. The molecule has 2 unspecified atom stereocenters. The molecule has 2 bridgehead atoms. The van der Waals surface area contributed by atoms with Gasteiger partial charge >= 0.3 is 5.97 Å². The van der Waals surface area contributed by atoms with Crippen molar-refractivity contribution in [2.75, 3.05) is 7.11 Å². The predicted molar refractivity (Wildman–Crippen MR) is 69.3 cm³/mol. The molecule has 4 nitrogen and oxygen atoms in total. The van der Waals surface area contributed by atoms with Crippen LogP contribution >= 0.6 is 0 Å². The molecule has 1 saturated carbocycles. The number of ketones is 2. The molecule has 0 amide bonds. The van der Waals surface area contributed by atoms with Crippen molar-refractivity contribution in [3.63, 3.8) is 0 Å². The number of carbonyl (C=O) groups is 3. The second kappa shape index (κ2) is 4.91. The van der Waals surface area contributed by atoms with E-state index in [-0.39, 0.29) is 23.4 Å². The van der Waals surface area contributed by atoms with Gasteiger partial charge in [0, 0.05) is 0 Å². The van der Waals surface area contributed by atoms with E-state index in [1.54, 1.807) is 0 Å². The number of hydrogen-bond donors (Lipinski definition) is 0. The molecule has 0 aliphatic heterocycles. The van der Waals surface area contributed by atoms with Gasteiger partial charge in [0.05, 0.1) is 13.0 Å². The van der Waals surface area contributed by atoms with Crippen LogP contribution < -0.4 is 0 Å². The number of fused-ring (bicyclic) bond motifs is 2. The Morgan fingerprint density at radius 2 is 2.05 bits per heavy atom. The van der Waals surface area contributed by atoms with Gasteiger partial charge in [-0.1, -0.05) is 19.1 Å². The number of methoxy groups -OCH3 is 1. The zero-order valence-electron chi connectivity index (χ0n) is 11.6. The highest BCUT2D eigenvalue weighted by molar-refractivity contribution is 6.13. The summed E-state index contributed by atoms with van der Waals surface area (Å²) in [6, 6.07) is 0. The summed E-state index contributed by atoms with van der Waals surface area (Å²) < 4.78 is 4.85. The minimum atomic E-state index is -1.14. The molecule has 0 aromatic heterocycles. The molecule has 0 aromatic rings. The summed E-state index contributed by atoms with van der Waals surface area (Å²) in [5, 5.41) is 0. The van der Waals surface area contributed by atoms with Crippen LogP contribution in [0.25, 0.3) is 0 Å². The molecule has 2 rings (SSSR count). The largest absolute Gasteiger partial charge is 0.468 e. The van der Waals surface area contributed by atoms with Crippen LogP contribution in [0.3, 0.4) is 0 Å². The third-order valence-corrected chi connectivity index (χ3v) is 4.72. The van der Waals surface area contributed by atoms with Gasteiger partial charge in [-0.2, -0.15) is 0 Å². The van der Waals surface area contributed by atoms with E-state index in [1.165, 1.54) is 14.0 Å². The quantitative estimate of drug-likeness (QED) is 0.434. The molecule has 0 spiro atoms. The highest BCUT2D eigenvalue weighted by Gasteiger charge is 2.57. The van der Waals surface area contributed by atoms with E-state index in [4.69, 9.17) is 4.74 Å². The van der Waals surface area contributed by atoms with E-state index in [1.807, 2.05) is 19.1 Å². The first kappa shape index (κ1) is 14.0. The van der Waals surface area contributed by atoms with Crippen molar-refractivity contribution >= 4 is 17.5 Å². The second-order valence-electron chi connectivity index (χ2n) is 5.76. The third kappa shape index (κ3) is 2.03. The molecule has 0 aromatic carbocycles. The lowest BCUT2D eigenvalue weighted by atomic mass is 9.58. The lowest BCUT2D eigenvalue weighted by Gasteiger charge is -2.42. The minimum absolute atomic E-state index is 0.00877. The number of carbonyl (C=O) groups excluding carboxylic acids is 3. The predicted octanol–water partition coefficient (Wildman–Crippen LogP) is 1.93. The Kier molecular flexibility index (Phi) is 3.61. The number of Topliss-reactive ketones (excluding diaryl/α,β-unsaturated/α-hetero) is 2. The van der Waals surface area contributed by atoms with E-state index < -0.39 is 17.3 Å². The lowest BCUT2D eigenvalue weighted by molar-refractivity contribution is -0.166. The number of esters is 1. The molecule has 0 heterocycles. The number of ether oxygens (including phenoxy) is 1. The standard InChI is InChI=1S/C15H20O4/c1-9-11-6-4-5-7-15(8-11,14(18)19-3)13(17)12(9)10(2)16/h4-5,9,11-12H,6-8H2,1-3H3/t9?,11-,12?,15-/m0/s1. The van der Waals surface area contributed by atoms with E-state index in [0.717, 1.165) is 6.42 Å². The zero-order chi connectivity index (χ0) is 14.2.